The molecule has 18 heavy (non-hydrogen) atoms. The van der Waals surface area contributed by atoms with Crippen LogP contribution < -0.4 is 19.5 Å². The Labute approximate surface area is 115 Å². The van der Waals surface area contributed by atoms with Gasteiger partial charge in [-0.05, 0) is 35.0 Å². The SMILES string of the molecule is COc1c(C2CCNC2)cc2c(c1Br)OCCO2. The molecule has 2 heterocycles. The maximum absolute atomic E-state index is 5.67. The maximum atomic E-state index is 5.67. The Bertz CT molecular complexity index is 458. The lowest BCUT2D eigenvalue weighted by atomic mass is 9.96. The normalized spacial score (nSPS) is 22.0. The van der Waals surface area contributed by atoms with Gasteiger partial charge in [-0.3, -0.25) is 0 Å². The van der Waals surface area contributed by atoms with E-state index in [0.717, 1.165) is 41.2 Å². The molecule has 0 aliphatic carbocycles. The fourth-order valence-electron chi connectivity index (χ4n) is 2.58. The van der Waals surface area contributed by atoms with Crippen LogP contribution in [0.2, 0.25) is 0 Å². The Hall–Kier alpha value is -0.940. The fraction of sp³-hybridized carbons (Fsp3) is 0.538. The third kappa shape index (κ3) is 1.95. The molecule has 0 aromatic heterocycles. The third-order valence-electron chi connectivity index (χ3n) is 3.46. The summed E-state index contributed by atoms with van der Waals surface area (Å²) < 4.78 is 17.7. The van der Waals surface area contributed by atoms with Crippen LogP contribution in [0, 0.1) is 0 Å². The van der Waals surface area contributed by atoms with Gasteiger partial charge in [0.25, 0.3) is 0 Å². The Kier molecular flexibility index (Phi) is 3.35. The molecule has 0 spiro atoms. The van der Waals surface area contributed by atoms with E-state index in [1.165, 1.54) is 5.56 Å². The van der Waals surface area contributed by atoms with Crippen molar-refractivity contribution in [3.63, 3.8) is 0 Å². The van der Waals surface area contributed by atoms with Crippen molar-refractivity contribution in [1.82, 2.24) is 5.32 Å². The number of methoxy groups -OCH3 is 1. The van der Waals surface area contributed by atoms with Crippen molar-refractivity contribution < 1.29 is 14.2 Å². The Morgan fingerprint density at radius 1 is 1.39 bits per heavy atom. The molecule has 0 amide bonds. The summed E-state index contributed by atoms with van der Waals surface area (Å²) in [6.45, 7) is 3.23. The summed E-state index contributed by atoms with van der Waals surface area (Å²) >= 11 is 3.57. The summed E-state index contributed by atoms with van der Waals surface area (Å²) in [5, 5.41) is 3.38. The largest absolute Gasteiger partial charge is 0.495 e. The summed E-state index contributed by atoms with van der Waals surface area (Å²) in [5.41, 5.74) is 1.19. The summed E-state index contributed by atoms with van der Waals surface area (Å²) in [6.07, 6.45) is 1.13. The molecule has 1 fully saturated rings. The van der Waals surface area contributed by atoms with Crippen LogP contribution in [0.1, 0.15) is 17.9 Å². The molecule has 0 saturated carbocycles. The Morgan fingerprint density at radius 3 is 2.94 bits per heavy atom. The van der Waals surface area contributed by atoms with Crippen molar-refractivity contribution in [2.24, 2.45) is 0 Å². The molecule has 1 aromatic rings. The minimum Gasteiger partial charge on any atom is -0.495 e. The van der Waals surface area contributed by atoms with E-state index in [-0.39, 0.29) is 0 Å². The van der Waals surface area contributed by atoms with E-state index in [1.54, 1.807) is 7.11 Å². The first-order chi connectivity index (χ1) is 8.81. The van der Waals surface area contributed by atoms with E-state index in [9.17, 15) is 0 Å². The monoisotopic (exact) mass is 313 g/mol. The van der Waals surface area contributed by atoms with Crippen LogP contribution in [0.5, 0.6) is 17.2 Å². The molecule has 4 nitrogen and oxygen atoms in total. The molecule has 98 valence electrons. The second-order valence-corrected chi connectivity index (χ2v) is 5.32. The number of ether oxygens (including phenoxy) is 3. The lowest BCUT2D eigenvalue weighted by Crippen LogP contribution is -2.17. The second-order valence-electron chi connectivity index (χ2n) is 4.53. The predicted octanol–water partition coefficient (Wildman–Crippen LogP) is 2.31. The molecular formula is C13H16BrNO3. The van der Waals surface area contributed by atoms with Crippen LogP contribution in [-0.2, 0) is 0 Å². The van der Waals surface area contributed by atoms with Gasteiger partial charge in [-0.2, -0.15) is 0 Å². The summed E-state index contributed by atoms with van der Waals surface area (Å²) in [7, 11) is 1.70. The van der Waals surface area contributed by atoms with Gasteiger partial charge in [-0.15, -0.1) is 0 Å². The van der Waals surface area contributed by atoms with E-state index in [4.69, 9.17) is 14.2 Å². The van der Waals surface area contributed by atoms with Crippen molar-refractivity contribution in [2.45, 2.75) is 12.3 Å². The lowest BCUT2D eigenvalue weighted by Gasteiger charge is -2.24. The Balaban J connectivity index is 2.09. The van der Waals surface area contributed by atoms with Crippen molar-refractivity contribution in [2.75, 3.05) is 33.4 Å². The van der Waals surface area contributed by atoms with Gasteiger partial charge in [0.1, 0.15) is 23.4 Å². The maximum Gasteiger partial charge on any atom is 0.179 e. The van der Waals surface area contributed by atoms with Crippen LogP contribution in [0.15, 0.2) is 10.5 Å². The quantitative estimate of drug-likeness (QED) is 0.909. The molecule has 2 aliphatic rings. The van der Waals surface area contributed by atoms with Crippen LogP contribution in [0.25, 0.3) is 0 Å². The number of halogens is 1. The highest BCUT2D eigenvalue weighted by atomic mass is 79.9. The first-order valence-corrected chi connectivity index (χ1v) is 6.97. The van der Waals surface area contributed by atoms with Gasteiger partial charge in [-0.25, -0.2) is 0 Å². The summed E-state index contributed by atoms with van der Waals surface area (Å²) in [5.74, 6) is 2.92. The predicted molar refractivity (Wildman–Crippen MR) is 71.9 cm³/mol. The van der Waals surface area contributed by atoms with Gasteiger partial charge in [-0.1, -0.05) is 0 Å². The van der Waals surface area contributed by atoms with E-state index >= 15 is 0 Å². The average molecular weight is 314 g/mol. The molecule has 1 atom stereocenters. The number of hydrogen-bond acceptors (Lipinski definition) is 4. The molecular weight excluding hydrogens is 298 g/mol. The molecule has 1 N–H and O–H groups in total. The number of fused-ring (bicyclic) bond motifs is 1. The fourth-order valence-corrected chi connectivity index (χ4v) is 3.28. The van der Waals surface area contributed by atoms with Crippen LogP contribution in [-0.4, -0.2) is 33.4 Å². The van der Waals surface area contributed by atoms with Crippen molar-refractivity contribution in [1.29, 1.82) is 0 Å². The van der Waals surface area contributed by atoms with E-state index in [1.807, 2.05) is 0 Å². The standard InChI is InChI=1S/C13H16BrNO3/c1-16-12-9(8-2-3-15-7-8)6-10-13(11(12)14)18-5-4-17-10/h6,8,15H,2-5,7H2,1H3. The molecule has 1 aromatic carbocycles. The van der Waals surface area contributed by atoms with E-state index in [0.29, 0.717) is 19.1 Å². The first-order valence-electron chi connectivity index (χ1n) is 6.18. The molecule has 2 aliphatic heterocycles. The highest BCUT2D eigenvalue weighted by Gasteiger charge is 2.27. The van der Waals surface area contributed by atoms with E-state index < -0.39 is 0 Å². The van der Waals surface area contributed by atoms with Gasteiger partial charge in [0.2, 0.25) is 0 Å². The molecule has 1 saturated heterocycles. The number of hydrogen-bond donors (Lipinski definition) is 1. The zero-order valence-corrected chi connectivity index (χ0v) is 11.9. The smallest absolute Gasteiger partial charge is 0.179 e. The summed E-state index contributed by atoms with van der Waals surface area (Å²) in [4.78, 5) is 0. The summed E-state index contributed by atoms with van der Waals surface area (Å²) in [6, 6.07) is 2.07. The first kappa shape index (κ1) is 12.1. The van der Waals surface area contributed by atoms with Gasteiger partial charge >= 0.3 is 0 Å². The van der Waals surface area contributed by atoms with Gasteiger partial charge in [0.05, 0.1) is 7.11 Å². The molecule has 3 rings (SSSR count). The topological polar surface area (TPSA) is 39.7 Å². The zero-order valence-electron chi connectivity index (χ0n) is 10.3. The lowest BCUT2D eigenvalue weighted by molar-refractivity contribution is 0.169. The number of benzene rings is 1. The van der Waals surface area contributed by atoms with Gasteiger partial charge in [0, 0.05) is 18.0 Å². The van der Waals surface area contributed by atoms with Gasteiger partial charge < -0.3 is 19.5 Å². The Morgan fingerprint density at radius 2 is 2.22 bits per heavy atom. The molecule has 0 radical (unpaired) electrons. The highest BCUT2D eigenvalue weighted by Crippen LogP contribution is 2.48. The van der Waals surface area contributed by atoms with Crippen LogP contribution >= 0.6 is 15.9 Å². The van der Waals surface area contributed by atoms with Crippen molar-refractivity contribution >= 4 is 15.9 Å². The third-order valence-corrected chi connectivity index (χ3v) is 4.18. The average Bonchev–Trinajstić information content (AvgIpc) is 2.92. The number of nitrogens with one attached hydrogen (secondary N) is 1. The van der Waals surface area contributed by atoms with Crippen LogP contribution in [0.3, 0.4) is 0 Å². The van der Waals surface area contributed by atoms with Crippen LogP contribution in [0.4, 0.5) is 0 Å². The van der Waals surface area contributed by atoms with E-state index in [2.05, 4.69) is 27.3 Å². The van der Waals surface area contributed by atoms with Gasteiger partial charge in [0.15, 0.2) is 11.5 Å². The van der Waals surface area contributed by atoms with Crippen molar-refractivity contribution in [3.8, 4) is 17.2 Å². The molecule has 0 bridgehead atoms. The van der Waals surface area contributed by atoms with Crippen molar-refractivity contribution in [3.05, 3.63) is 16.1 Å². The molecule has 1 unspecified atom stereocenters. The number of rotatable bonds is 2. The minimum absolute atomic E-state index is 0.479. The second kappa shape index (κ2) is 4.97. The molecule has 5 heteroatoms. The highest BCUT2D eigenvalue weighted by molar-refractivity contribution is 9.10. The minimum atomic E-state index is 0.479. The zero-order chi connectivity index (χ0) is 12.5.